The van der Waals surface area contributed by atoms with Crippen LogP contribution in [-0.2, 0) is 28.6 Å². The van der Waals surface area contributed by atoms with Crippen molar-refractivity contribution in [2.24, 2.45) is 0 Å². The van der Waals surface area contributed by atoms with Gasteiger partial charge >= 0.3 is 17.9 Å². The predicted octanol–water partition coefficient (Wildman–Crippen LogP) is 20.0. The van der Waals surface area contributed by atoms with E-state index in [9.17, 15) is 14.4 Å². The van der Waals surface area contributed by atoms with E-state index in [1.54, 1.807) is 0 Å². The van der Waals surface area contributed by atoms with Crippen LogP contribution in [0.2, 0.25) is 0 Å². The fraction of sp³-hybridized carbons (Fsp3) is 0.855. The molecule has 0 amide bonds. The topological polar surface area (TPSA) is 78.9 Å². The van der Waals surface area contributed by atoms with Crippen molar-refractivity contribution in [2.75, 3.05) is 13.2 Å². The van der Waals surface area contributed by atoms with Crippen molar-refractivity contribution in [2.45, 2.75) is 329 Å². The molecule has 0 N–H and O–H groups in total. The number of ether oxygens (including phenoxy) is 3. The van der Waals surface area contributed by atoms with Crippen molar-refractivity contribution in [1.29, 1.82) is 0 Å². The molecule has 0 spiro atoms. The lowest BCUT2D eigenvalue weighted by Crippen LogP contribution is -2.30. The fourth-order valence-electron chi connectivity index (χ4n) is 8.81. The molecule has 0 fully saturated rings. The highest BCUT2D eigenvalue weighted by Gasteiger charge is 2.19. The largest absolute Gasteiger partial charge is 0.462 e. The van der Waals surface area contributed by atoms with Crippen molar-refractivity contribution >= 4 is 17.9 Å². The molecule has 6 heteroatoms. The van der Waals surface area contributed by atoms with E-state index in [0.717, 1.165) is 70.6 Å². The Morgan fingerprint density at radius 2 is 0.544 bits per heavy atom. The highest BCUT2D eigenvalue weighted by Crippen LogP contribution is 2.17. The summed E-state index contributed by atoms with van der Waals surface area (Å²) in [5, 5.41) is 0. The summed E-state index contributed by atoms with van der Waals surface area (Å²) in [6.07, 6.45) is 69.0. The standard InChI is InChI=1S/C62H114O6/c1-4-7-10-13-16-19-21-22-23-24-25-26-27-28-29-30-31-32-33-34-35-36-37-38-39-40-42-43-46-49-52-55-61(64)67-58-59(57-66-60(63)54-51-48-45-18-15-12-9-6-3)68-62(65)56-53-50-47-44-41-20-17-14-11-8-5-2/h14,17,21-22,24-25,59H,4-13,15-16,18-20,23,26-58H2,1-3H3/b17-14-,22-21-,25-24-. The van der Waals surface area contributed by atoms with Crippen LogP contribution in [0.3, 0.4) is 0 Å². The van der Waals surface area contributed by atoms with E-state index in [2.05, 4.69) is 57.2 Å². The first-order valence-electron chi connectivity index (χ1n) is 30.0. The van der Waals surface area contributed by atoms with Crippen molar-refractivity contribution in [3.8, 4) is 0 Å². The Labute approximate surface area is 423 Å². The molecule has 0 saturated carbocycles. The lowest BCUT2D eigenvalue weighted by Gasteiger charge is -2.18. The Morgan fingerprint density at radius 3 is 0.868 bits per heavy atom. The van der Waals surface area contributed by atoms with E-state index < -0.39 is 6.10 Å². The van der Waals surface area contributed by atoms with Crippen LogP contribution in [-0.4, -0.2) is 37.2 Å². The number of hydrogen-bond acceptors (Lipinski definition) is 6. The van der Waals surface area contributed by atoms with E-state index in [4.69, 9.17) is 14.2 Å². The van der Waals surface area contributed by atoms with Crippen LogP contribution in [0.25, 0.3) is 0 Å². The van der Waals surface area contributed by atoms with Crippen LogP contribution in [0, 0.1) is 0 Å². The third-order valence-corrected chi connectivity index (χ3v) is 13.4. The van der Waals surface area contributed by atoms with Gasteiger partial charge in [0.1, 0.15) is 13.2 Å². The summed E-state index contributed by atoms with van der Waals surface area (Å²) >= 11 is 0. The van der Waals surface area contributed by atoms with Crippen LogP contribution >= 0.6 is 0 Å². The number of carbonyl (C=O) groups is 3. The molecule has 0 aromatic carbocycles. The van der Waals surface area contributed by atoms with Crippen LogP contribution in [0.5, 0.6) is 0 Å². The maximum Gasteiger partial charge on any atom is 0.306 e. The van der Waals surface area contributed by atoms with Crippen molar-refractivity contribution in [3.63, 3.8) is 0 Å². The first-order valence-corrected chi connectivity index (χ1v) is 30.0. The summed E-state index contributed by atoms with van der Waals surface area (Å²) in [5.74, 6) is -0.871. The smallest absolute Gasteiger partial charge is 0.306 e. The number of unbranched alkanes of at least 4 members (excludes halogenated alkanes) is 38. The molecule has 6 nitrogen and oxygen atoms in total. The average molecular weight is 956 g/mol. The van der Waals surface area contributed by atoms with Gasteiger partial charge in [0.2, 0.25) is 0 Å². The van der Waals surface area contributed by atoms with E-state index in [0.29, 0.717) is 19.3 Å². The minimum Gasteiger partial charge on any atom is -0.462 e. The normalized spacial score (nSPS) is 12.2. The summed E-state index contributed by atoms with van der Waals surface area (Å²) in [6.45, 7) is 6.58. The van der Waals surface area contributed by atoms with E-state index in [1.165, 1.54) is 212 Å². The van der Waals surface area contributed by atoms with Gasteiger partial charge in [0.25, 0.3) is 0 Å². The van der Waals surface area contributed by atoms with E-state index in [-0.39, 0.29) is 31.1 Å². The molecule has 0 aliphatic rings. The molecule has 1 atom stereocenters. The molecule has 0 radical (unpaired) electrons. The molecule has 0 aromatic heterocycles. The number of allylic oxidation sites excluding steroid dienone is 6. The quantitative estimate of drug-likeness (QED) is 0.0262. The predicted molar refractivity (Wildman–Crippen MR) is 293 cm³/mol. The van der Waals surface area contributed by atoms with Crippen molar-refractivity contribution in [3.05, 3.63) is 36.5 Å². The van der Waals surface area contributed by atoms with Crippen LogP contribution < -0.4 is 0 Å². The Balaban J connectivity index is 3.96. The molecule has 0 heterocycles. The number of carbonyl (C=O) groups excluding carboxylic acids is 3. The Kier molecular flexibility index (Phi) is 55.2. The van der Waals surface area contributed by atoms with Crippen LogP contribution in [0.1, 0.15) is 323 Å². The summed E-state index contributed by atoms with van der Waals surface area (Å²) in [5.41, 5.74) is 0. The van der Waals surface area contributed by atoms with E-state index >= 15 is 0 Å². The lowest BCUT2D eigenvalue weighted by atomic mass is 10.0. The number of rotatable bonds is 55. The molecule has 0 aliphatic heterocycles. The average Bonchev–Trinajstić information content (AvgIpc) is 3.34. The fourth-order valence-corrected chi connectivity index (χ4v) is 8.81. The number of esters is 3. The summed E-state index contributed by atoms with van der Waals surface area (Å²) < 4.78 is 16.8. The highest BCUT2D eigenvalue weighted by atomic mass is 16.6. The first kappa shape index (κ1) is 65.6. The highest BCUT2D eigenvalue weighted by molar-refractivity contribution is 5.71. The maximum absolute atomic E-state index is 12.7. The summed E-state index contributed by atoms with van der Waals surface area (Å²) in [7, 11) is 0. The molecular formula is C62H114O6. The molecule has 0 aliphatic carbocycles. The summed E-state index contributed by atoms with van der Waals surface area (Å²) in [4.78, 5) is 37.9. The second-order valence-corrected chi connectivity index (χ2v) is 20.3. The van der Waals surface area contributed by atoms with Gasteiger partial charge in [-0.2, -0.15) is 0 Å². The van der Waals surface area contributed by atoms with Gasteiger partial charge in [-0.05, 0) is 70.6 Å². The molecule has 0 bridgehead atoms. The Hall–Kier alpha value is -2.37. The molecular weight excluding hydrogens is 841 g/mol. The zero-order valence-corrected chi connectivity index (χ0v) is 45.6. The molecule has 0 saturated heterocycles. The van der Waals surface area contributed by atoms with Crippen LogP contribution in [0.15, 0.2) is 36.5 Å². The minimum atomic E-state index is -0.769. The van der Waals surface area contributed by atoms with Crippen molar-refractivity contribution < 1.29 is 28.6 Å². The van der Waals surface area contributed by atoms with Crippen molar-refractivity contribution in [1.82, 2.24) is 0 Å². The van der Waals surface area contributed by atoms with Crippen LogP contribution in [0.4, 0.5) is 0 Å². The molecule has 398 valence electrons. The molecule has 0 aromatic rings. The van der Waals surface area contributed by atoms with Gasteiger partial charge in [-0.25, -0.2) is 0 Å². The minimum absolute atomic E-state index is 0.0712. The van der Waals surface area contributed by atoms with Gasteiger partial charge in [-0.1, -0.05) is 269 Å². The van der Waals surface area contributed by atoms with Gasteiger partial charge in [-0.3, -0.25) is 14.4 Å². The molecule has 0 rings (SSSR count). The lowest BCUT2D eigenvalue weighted by molar-refractivity contribution is -0.167. The summed E-state index contributed by atoms with van der Waals surface area (Å²) in [6, 6.07) is 0. The SMILES string of the molecule is CCCC/C=C\CCCCCCCC(=O)OC(COC(=O)CCCCCCCCCC)COC(=O)CCCCCCCCCCCCCCCCCCCCC/C=C\C/C=C\CCCCCCC. The third kappa shape index (κ3) is 54.6. The molecule has 1 unspecified atom stereocenters. The van der Waals surface area contributed by atoms with Gasteiger partial charge in [0.05, 0.1) is 0 Å². The third-order valence-electron chi connectivity index (χ3n) is 13.4. The van der Waals surface area contributed by atoms with Gasteiger partial charge in [-0.15, -0.1) is 0 Å². The van der Waals surface area contributed by atoms with Gasteiger partial charge in [0.15, 0.2) is 6.10 Å². The van der Waals surface area contributed by atoms with E-state index in [1.807, 2.05) is 0 Å². The monoisotopic (exact) mass is 955 g/mol. The number of hydrogen-bond donors (Lipinski definition) is 0. The van der Waals surface area contributed by atoms with Gasteiger partial charge in [0, 0.05) is 19.3 Å². The second kappa shape index (κ2) is 57.2. The molecule has 68 heavy (non-hydrogen) atoms. The zero-order chi connectivity index (χ0) is 49.3. The Bertz CT molecular complexity index is 1140. The Morgan fingerprint density at radius 1 is 0.294 bits per heavy atom. The second-order valence-electron chi connectivity index (χ2n) is 20.3. The van der Waals surface area contributed by atoms with Gasteiger partial charge < -0.3 is 14.2 Å². The maximum atomic E-state index is 12.7. The zero-order valence-electron chi connectivity index (χ0n) is 45.6. The first-order chi connectivity index (χ1) is 33.5.